The Kier molecular flexibility index (Phi) is 5.09. The van der Waals surface area contributed by atoms with Crippen LogP contribution in [0.5, 0.6) is 0 Å². The van der Waals surface area contributed by atoms with Crippen molar-refractivity contribution in [3.63, 3.8) is 0 Å². The number of aliphatic carboxylic acids is 1. The second kappa shape index (κ2) is 6.64. The molecule has 138 valence electrons. The van der Waals surface area contributed by atoms with Crippen LogP contribution >= 0.6 is 0 Å². The molecule has 1 aliphatic rings. The molecule has 1 aromatic carbocycles. The molecule has 1 heterocycles. The van der Waals surface area contributed by atoms with Crippen molar-refractivity contribution in [3.8, 4) is 0 Å². The molecule has 0 bridgehead atoms. The zero-order chi connectivity index (χ0) is 19.0. The highest BCUT2D eigenvalue weighted by Gasteiger charge is 2.41. The van der Waals surface area contributed by atoms with Gasteiger partial charge in [-0.25, -0.2) is 8.42 Å². The molecule has 0 saturated carbocycles. The molecular weight excluding hydrogens is 365 g/mol. The summed E-state index contributed by atoms with van der Waals surface area (Å²) < 4.78 is 63.6. The molecule has 0 radical (unpaired) electrons. The zero-order valence-electron chi connectivity index (χ0n) is 12.9. The van der Waals surface area contributed by atoms with Crippen molar-refractivity contribution in [1.29, 1.82) is 0 Å². The Hall–Kier alpha value is -2.14. The lowest BCUT2D eigenvalue weighted by Gasteiger charge is -2.37. The van der Waals surface area contributed by atoms with Crippen molar-refractivity contribution < 1.29 is 36.3 Å². The van der Waals surface area contributed by atoms with E-state index < -0.39 is 50.5 Å². The molecule has 1 atom stereocenters. The highest BCUT2D eigenvalue weighted by atomic mass is 32.2. The fourth-order valence-electron chi connectivity index (χ4n) is 2.18. The van der Waals surface area contributed by atoms with Crippen molar-refractivity contribution in [1.82, 2.24) is 9.62 Å². The van der Waals surface area contributed by atoms with Crippen LogP contribution in [-0.2, 0) is 25.8 Å². The number of carbonyl (C=O) groups excluding carboxylic acids is 1. The van der Waals surface area contributed by atoms with E-state index in [-0.39, 0.29) is 13.1 Å². The number of nitrogens with one attached hydrogen (secondary N) is 1. The van der Waals surface area contributed by atoms with Gasteiger partial charge in [0.25, 0.3) is 0 Å². The Labute approximate surface area is 141 Å². The van der Waals surface area contributed by atoms with Gasteiger partial charge in [0.2, 0.25) is 15.9 Å². The molecule has 2 N–H and O–H groups in total. The monoisotopic (exact) mass is 380 g/mol. The van der Waals surface area contributed by atoms with Crippen molar-refractivity contribution >= 4 is 21.9 Å². The van der Waals surface area contributed by atoms with E-state index in [0.717, 1.165) is 22.5 Å². The minimum Gasteiger partial charge on any atom is -0.480 e. The van der Waals surface area contributed by atoms with Gasteiger partial charge in [0, 0.05) is 13.1 Å². The number of carbonyl (C=O) groups is 2. The maximum Gasteiger partial charge on any atom is 0.416 e. The lowest BCUT2D eigenvalue weighted by Crippen LogP contribution is -2.57. The molecule has 0 aliphatic carbocycles. The summed E-state index contributed by atoms with van der Waals surface area (Å²) in [4.78, 5) is 21.9. The second-order valence-corrected chi connectivity index (χ2v) is 7.55. The van der Waals surface area contributed by atoms with E-state index in [2.05, 4.69) is 5.32 Å². The highest BCUT2D eigenvalue weighted by molar-refractivity contribution is 7.89. The van der Waals surface area contributed by atoms with Gasteiger partial charge in [-0.15, -0.1) is 0 Å². The first-order valence-electron chi connectivity index (χ1n) is 7.13. The molecule has 1 saturated heterocycles. The van der Waals surface area contributed by atoms with E-state index in [1.807, 2.05) is 0 Å². The van der Waals surface area contributed by atoms with E-state index in [9.17, 15) is 31.2 Å². The number of carboxylic acid groups (broad SMARTS) is 1. The summed E-state index contributed by atoms with van der Waals surface area (Å²) in [5, 5.41) is 10.9. The molecule has 1 aromatic rings. The Morgan fingerprint density at radius 3 is 2.44 bits per heavy atom. The van der Waals surface area contributed by atoms with E-state index in [1.54, 1.807) is 0 Å². The molecule has 1 fully saturated rings. The van der Waals surface area contributed by atoms with Crippen LogP contribution < -0.4 is 5.32 Å². The van der Waals surface area contributed by atoms with Crippen LogP contribution in [0.15, 0.2) is 29.2 Å². The summed E-state index contributed by atoms with van der Waals surface area (Å²) in [6.45, 7) is 0.809. The minimum absolute atomic E-state index is 0.225. The standard InChI is InChI=1S/C14H15F3N2O5S/c1-8(13(21)22)18-12(20)9-6-19(7-9)25(23,24)11-4-2-3-10(5-11)14(15,16)17/h2-5,8-9H,6-7H2,1H3,(H,18,20)(H,21,22). The van der Waals surface area contributed by atoms with E-state index in [1.165, 1.54) is 6.92 Å². The molecule has 0 aromatic heterocycles. The second-order valence-electron chi connectivity index (χ2n) is 5.61. The first kappa shape index (κ1) is 19.2. The molecule has 0 spiro atoms. The highest BCUT2D eigenvalue weighted by Crippen LogP contribution is 2.32. The van der Waals surface area contributed by atoms with Crippen molar-refractivity contribution in [3.05, 3.63) is 29.8 Å². The number of amides is 1. The molecule has 1 aliphatic heterocycles. The third kappa shape index (κ3) is 4.10. The fraction of sp³-hybridized carbons (Fsp3) is 0.429. The Balaban J connectivity index is 2.07. The molecule has 1 unspecified atom stereocenters. The van der Waals surface area contributed by atoms with Gasteiger partial charge in [-0.05, 0) is 25.1 Å². The minimum atomic E-state index is -4.67. The van der Waals surface area contributed by atoms with Crippen LogP contribution in [0.25, 0.3) is 0 Å². The summed E-state index contributed by atoms with van der Waals surface area (Å²) in [7, 11) is -4.16. The molecule has 25 heavy (non-hydrogen) atoms. The van der Waals surface area contributed by atoms with E-state index >= 15 is 0 Å². The zero-order valence-corrected chi connectivity index (χ0v) is 13.8. The largest absolute Gasteiger partial charge is 0.480 e. The Morgan fingerprint density at radius 1 is 1.32 bits per heavy atom. The van der Waals surface area contributed by atoms with Gasteiger partial charge in [-0.3, -0.25) is 9.59 Å². The van der Waals surface area contributed by atoms with Crippen molar-refractivity contribution in [2.75, 3.05) is 13.1 Å². The predicted molar refractivity (Wildman–Crippen MR) is 78.9 cm³/mol. The molecule has 11 heteroatoms. The van der Waals surface area contributed by atoms with Crippen molar-refractivity contribution in [2.45, 2.75) is 24.0 Å². The van der Waals surface area contributed by atoms with Gasteiger partial charge in [0.05, 0.1) is 16.4 Å². The summed E-state index contributed by atoms with van der Waals surface area (Å²) >= 11 is 0. The van der Waals surface area contributed by atoms with Gasteiger partial charge < -0.3 is 10.4 Å². The third-order valence-corrected chi connectivity index (χ3v) is 5.57. The quantitative estimate of drug-likeness (QED) is 0.791. The number of carboxylic acids is 1. The summed E-state index contributed by atoms with van der Waals surface area (Å²) in [5.74, 6) is -2.60. The van der Waals surface area contributed by atoms with E-state index in [4.69, 9.17) is 5.11 Å². The number of alkyl halides is 3. The third-order valence-electron chi connectivity index (χ3n) is 3.75. The van der Waals surface area contributed by atoms with Gasteiger partial charge >= 0.3 is 12.1 Å². The van der Waals surface area contributed by atoms with Crippen molar-refractivity contribution in [2.24, 2.45) is 5.92 Å². The average molecular weight is 380 g/mol. The molecular formula is C14H15F3N2O5S. The number of benzene rings is 1. The fourth-order valence-corrected chi connectivity index (χ4v) is 3.75. The Bertz CT molecular complexity index is 788. The summed E-state index contributed by atoms with van der Waals surface area (Å²) in [6, 6.07) is 2.22. The van der Waals surface area contributed by atoms with Crippen LogP contribution in [0.1, 0.15) is 12.5 Å². The van der Waals surface area contributed by atoms with Crippen LogP contribution in [0.3, 0.4) is 0 Å². The van der Waals surface area contributed by atoms with Gasteiger partial charge in [-0.1, -0.05) is 6.07 Å². The first-order valence-corrected chi connectivity index (χ1v) is 8.57. The molecule has 2 rings (SSSR count). The number of hydrogen-bond donors (Lipinski definition) is 2. The van der Waals surface area contributed by atoms with Crippen LogP contribution in [-0.4, -0.2) is 48.8 Å². The Morgan fingerprint density at radius 2 is 1.92 bits per heavy atom. The number of halogens is 3. The number of sulfonamides is 1. The normalized spacial score (nSPS) is 17.6. The maximum atomic E-state index is 12.7. The van der Waals surface area contributed by atoms with Crippen LogP contribution in [0.4, 0.5) is 13.2 Å². The topological polar surface area (TPSA) is 104 Å². The number of rotatable bonds is 5. The SMILES string of the molecule is CC(NC(=O)C1CN(S(=O)(=O)c2cccc(C(F)(F)F)c2)C1)C(=O)O. The van der Waals surface area contributed by atoms with Gasteiger partial charge in [-0.2, -0.15) is 17.5 Å². The van der Waals surface area contributed by atoms with Gasteiger partial charge in [0.15, 0.2) is 0 Å². The first-order chi connectivity index (χ1) is 11.4. The van der Waals surface area contributed by atoms with Crippen LogP contribution in [0, 0.1) is 5.92 Å². The maximum absolute atomic E-state index is 12.7. The van der Waals surface area contributed by atoms with Crippen LogP contribution in [0.2, 0.25) is 0 Å². The molecule has 1 amide bonds. The summed E-state index contributed by atoms with van der Waals surface area (Å²) in [6.07, 6.45) is -4.67. The number of hydrogen-bond acceptors (Lipinski definition) is 4. The molecule has 7 nitrogen and oxygen atoms in total. The average Bonchev–Trinajstić information content (AvgIpc) is 2.44. The summed E-state index contributed by atoms with van der Waals surface area (Å²) in [5.41, 5.74) is -1.08. The van der Waals surface area contributed by atoms with E-state index in [0.29, 0.717) is 6.07 Å². The predicted octanol–water partition coefficient (Wildman–Crippen LogP) is 0.915. The lowest BCUT2D eigenvalue weighted by molar-refractivity contribution is -0.142. The lowest BCUT2D eigenvalue weighted by atomic mass is 10.0. The smallest absolute Gasteiger partial charge is 0.416 e. The number of nitrogens with zero attached hydrogens (tertiary/aromatic N) is 1. The van der Waals surface area contributed by atoms with Gasteiger partial charge in [0.1, 0.15) is 6.04 Å².